The summed E-state index contributed by atoms with van der Waals surface area (Å²) in [6.45, 7) is 8.30. The lowest BCUT2D eigenvalue weighted by Gasteiger charge is -2.27. The zero-order valence-electron chi connectivity index (χ0n) is 14.6. The fraction of sp³-hybridized carbons (Fsp3) is 0.579. The first kappa shape index (κ1) is 15.6. The molecule has 1 saturated carbocycles. The second kappa shape index (κ2) is 5.59. The maximum absolute atomic E-state index is 12.8. The molecular formula is C19H26N4O. The molecule has 1 aliphatic carbocycles. The first-order valence-electron chi connectivity index (χ1n) is 8.92. The number of hydrogen-bond donors (Lipinski definition) is 3. The summed E-state index contributed by atoms with van der Waals surface area (Å²) in [4.78, 5) is 12.8. The molecule has 1 amide bonds. The SMILES string of the molecule is Cc1cccc2c(C(C)(C)NC(=O)[C@@H]3C[C@H]4CNC[C@H]4C3)n[nH]c12. The van der Waals surface area contributed by atoms with Gasteiger partial charge in [0.05, 0.1) is 16.7 Å². The molecule has 1 aromatic heterocycles. The molecule has 5 nitrogen and oxygen atoms in total. The van der Waals surface area contributed by atoms with Gasteiger partial charge in [-0.3, -0.25) is 9.89 Å². The lowest BCUT2D eigenvalue weighted by Crippen LogP contribution is -2.44. The number of fused-ring (bicyclic) bond motifs is 2. The zero-order chi connectivity index (χ0) is 16.9. The van der Waals surface area contributed by atoms with Gasteiger partial charge < -0.3 is 10.6 Å². The number of nitrogens with zero attached hydrogens (tertiary/aromatic N) is 1. The molecule has 3 atom stereocenters. The highest BCUT2D eigenvalue weighted by molar-refractivity contribution is 5.86. The van der Waals surface area contributed by atoms with E-state index in [1.165, 1.54) is 5.56 Å². The highest BCUT2D eigenvalue weighted by Gasteiger charge is 2.41. The van der Waals surface area contributed by atoms with E-state index in [9.17, 15) is 4.79 Å². The molecule has 2 fully saturated rings. The monoisotopic (exact) mass is 326 g/mol. The molecule has 2 heterocycles. The number of para-hydroxylation sites is 1. The van der Waals surface area contributed by atoms with Crippen molar-refractivity contribution in [2.45, 2.75) is 39.2 Å². The minimum atomic E-state index is -0.487. The molecule has 128 valence electrons. The molecule has 2 aromatic rings. The summed E-state index contributed by atoms with van der Waals surface area (Å²) in [6, 6.07) is 6.18. The molecule has 1 aromatic carbocycles. The number of aryl methyl sites for hydroxylation is 1. The highest BCUT2D eigenvalue weighted by Crippen LogP contribution is 2.39. The van der Waals surface area contributed by atoms with E-state index in [4.69, 9.17) is 0 Å². The van der Waals surface area contributed by atoms with Crippen LogP contribution in [0.15, 0.2) is 18.2 Å². The maximum Gasteiger partial charge on any atom is 0.223 e. The van der Waals surface area contributed by atoms with E-state index < -0.39 is 5.54 Å². The first-order valence-corrected chi connectivity index (χ1v) is 8.92. The van der Waals surface area contributed by atoms with Crippen molar-refractivity contribution >= 4 is 16.8 Å². The van der Waals surface area contributed by atoms with Crippen LogP contribution in [0.1, 0.15) is 37.9 Å². The Morgan fingerprint density at radius 3 is 2.67 bits per heavy atom. The van der Waals surface area contributed by atoms with Crippen LogP contribution in [0.2, 0.25) is 0 Å². The summed E-state index contributed by atoms with van der Waals surface area (Å²) in [5, 5.41) is 15.4. The third kappa shape index (κ3) is 2.51. The van der Waals surface area contributed by atoms with Gasteiger partial charge in [-0.2, -0.15) is 5.10 Å². The number of aromatic nitrogens is 2. The molecule has 0 unspecified atom stereocenters. The standard InChI is InChI=1S/C19H26N4O/c1-11-5-4-6-15-16(11)22-23-17(15)19(2,3)21-18(24)12-7-13-9-20-10-14(13)8-12/h4-6,12-14,20H,7-10H2,1-3H3,(H,21,24)(H,22,23)/t12-,13+,14-. The van der Waals surface area contributed by atoms with Crippen molar-refractivity contribution in [1.82, 2.24) is 20.8 Å². The zero-order valence-corrected chi connectivity index (χ0v) is 14.6. The molecule has 1 aliphatic heterocycles. The van der Waals surface area contributed by atoms with E-state index in [0.717, 1.165) is 42.5 Å². The highest BCUT2D eigenvalue weighted by atomic mass is 16.2. The topological polar surface area (TPSA) is 69.8 Å². The van der Waals surface area contributed by atoms with Crippen molar-refractivity contribution < 1.29 is 4.79 Å². The van der Waals surface area contributed by atoms with Gasteiger partial charge in [0.1, 0.15) is 0 Å². The van der Waals surface area contributed by atoms with Gasteiger partial charge in [0.15, 0.2) is 0 Å². The van der Waals surface area contributed by atoms with Gasteiger partial charge in [-0.15, -0.1) is 0 Å². The van der Waals surface area contributed by atoms with Crippen molar-refractivity contribution in [1.29, 1.82) is 0 Å². The average molecular weight is 326 g/mol. The van der Waals surface area contributed by atoms with Crippen molar-refractivity contribution in [2.75, 3.05) is 13.1 Å². The third-order valence-corrected chi connectivity index (χ3v) is 5.86. The van der Waals surface area contributed by atoms with E-state index in [2.05, 4.69) is 39.9 Å². The number of aromatic amines is 1. The van der Waals surface area contributed by atoms with E-state index in [-0.39, 0.29) is 11.8 Å². The first-order chi connectivity index (χ1) is 11.5. The maximum atomic E-state index is 12.8. The van der Waals surface area contributed by atoms with Gasteiger partial charge in [-0.05, 0) is 64.1 Å². The number of H-pyrrole nitrogens is 1. The number of benzene rings is 1. The molecule has 3 N–H and O–H groups in total. The van der Waals surface area contributed by atoms with Crippen LogP contribution >= 0.6 is 0 Å². The summed E-state index contributed by atoms with van der Waals surface area (Å²) >= 11 is 0. The number of nitrogens with one attached hydrogen (secondary N) is 3. The predicted molar refractivity (Wildman–Crippen MR) is 94.6 cm³/mol. The van der Waals surface area contributed by atoms with Gasteiger partial charge in [0.2, 0.25) is 5.91 Å². The third-order valence-electron chi connectivity index (χ3n) is 5.86. The Balaban J connectivity index is 1.54. The van der Waals surface area contributed by atoms with Gasteiger partial charge in [0, 0.05) is 11.3 Å². The normalized spacial score (nSPS) is 26.7. The average Bonchev–Trinajstić information content (AvgIpc) is 3.21. The van der Waals surface area contributed by atoms with Gasteiger partial charge in [0.25, 0.3) is 0 Å². The summed E-state index contributed by atoms with van der Waals surface area (Å²) < 4.78 is 0. The van der Waals surface area contributed by atoms with Crippen LogP contribution in [-0.4, -0.2) is 29.2 Å². The van der Waals surface area contributed by atoms with Crippen molar-refractivity contribution in [2.24, 2.45) is 17.8 Å². The van der Waals surface area contributed by atoms with Crippen molar-refractivity contribution in [3.8, 4) is 0 Å². The van der Waals surface area contributed by atoms with E-state index >= 15 is 0 Å². The number of hydrogen-bond acceptors (Lipinski definition) is 3. The molecule has 1 saturated heterocycles. The van der Waals surface area contributed by atoms with E-state index in [0.29, 0.717) is 11.8 Å². The Bertz CT molecular complexity index is 767. The van der Waals surface area contributed by atoms with Crippen LogP contribution in [0, 0.1) is 24.7 Å². The molecule has 0 bridgehead atoms. The minimum absolute atomic E-state index is 0.147. The molecule has 4 rings (SSSR count). The summed E-state index contributed by atoms with van der Waals surface area (Å²) in [7, 11) is 0. The van der Waals surface area contributed by atoms with Crippen LogP contribution in [0.5, 0.6) is 0 Å². The predicted octanol–water partition coefficient (Wildman–Crippen LogP) is 2.47. The van der Waals surface area contributed by atoms with E-state index in [1.807, 2.05) is 19.9 Å². The molecule has 5 heteroatoms. The Labute approximate surface area is 142 Å². The van der Waals surface area contributed by atoms with Crippen molar-refractivity contribution in [3.63, 3.8) is 0 Å². The fourth-order valence-electron chi connectivity index (χ4n) is 4.51. The van der Waals surface area contributed by atoms with Crippen LogP contribution in [0.3, 0.4) is 0 Å². The Kier molecular flexibility index (Phi) is 3.64. The molecule has 0 radical (unpaired) electrons. The number of rotatable bonds is 3. The quantitative estimate of drug-likeness (QED) is 0.811. The fourth-order valence-corrected chi connectivity index (χ4v) is 4.51. The molecule has 24 heavy (non-hydrogen) atoms. The van der Waals surface area contributed by atoms with Crippen LogP contribution in [0.4, 0.5) is 0 Å². The number of carbonyl (C=O) groups is 1. The lowest BCUT2D eigenvalue weighted by molar-refractivity contribution is -0.126. The number of carbonyl (C=O) groups excluding carboxylic acids is 1. The Morgan fingerprint density at radius 1 is 1.25 bits per heavy atom. The second-order valence-corrected chi connectivity index (χ2v) is 8.03. The summed E-state index contributed by atoms with van der Waals surface area (Å²) in [5.41, 5.74) is 2.65. The van der Waals surface area contributed by atoms with Crippen LogP contribution in [0.25, 0.3) is 10.9 Å². The molecular weight excluding hydrogens is 300 g/mol. The smallest absolute Gasteiger partial charge is 0.223 e. The van der Waals surface area contributed by atoms with Gasteiger partial charge >= 0.3 is 0 Å². The second-order valence-electron chi connectivity index (χ2n) is 8.03. The molecule has 2 aliphatic rings. The summed E-state index contributed by atoms with van der Waals surface area (Å²) in [5.74, 6) is 1.68. The van der Waals surface area contributed by atoms with Crippen molar-refractivity contribution in [3.05, 3.63) is 29.5 Å². The van der Waals surface area contributed by atoms with Crippen LogP contribution < -0.4 is 10.6 Å². The van der Waals surface area contributed by atoms with Gasteiger partial charge in [-0.1, -0.05) is 18.2 Å². The summed E-state index contributed by atoms with van der Waals surface area (Å²) in [6.07, 6.45) is 2.03. The number of amides is 1. The lowest BCUT2D eigenvalue weighted by atomic mass is 9.94. The Hall–Kier alpha value is -1.88. The Morgan fingerprint density at radius 2 is 1.96 bits per heavy atom. The van der Waals surface area contributed by atoms with Crippen LogP contribution in [-0.2, 0) is 10.3 Å². The van der Waals surface area contributed by atoms with Gasteiger partial charge in [-0.25, -0.2) is 0 Å². The minimum Gasteiger partial charge on any atom is -0.345 e. The molecule has 0 spiro atoms. The van der Waals surface area contributed by atoms with E-state index in [1.54, 1.807) is 0 Å². The largest absolute Gasteiger partial charge is 0.345 e.